The van der Waals surface area contributed by atoms with E-state index in [4.69, 9.17) is 9.47 Å². The van der Waals surface area contributed by atoms with Gasteiger partial charge in [0.15, 0.2) is 11.5 Å². The van der Waals surface area contributed by atoms with E-state index in [1.54, 1.807) is 24.3 Å². The van der Waals surface area contributed by atoms with Gasteiger partial charge >= 0.3 is 0 Å². The van der Waals surface area contributed by atoms with E-state index in [0.29, 0.717) is 17.2 Å². The number of aromatic hydroxyl groups is 1. The van der Waals surface area contributed by atoms with Crippen molar-refractivity contribution < 1.29 is 19.4 Å². The minimum Gasteiger partial charge on any atom is -0.506 e. The number of carbonyl (C=O) groups excluding carboxylic acids is 1. The maximum Gasteiger partial charge on any atom is 0.263 e. The molecule has 2 aromatic rings. The lowest BCUT2D eigenvalue weighted by atomic mass is 10.2. The van der Waals surface area contributed by atoms with E-state index in [9.17, 15) is 15.2 Å². The largest absolute Gasteiger partial charge is 0.506 e. The number of anilines is 1. The second kappa shape index (κ2) is 7.49. The Morgan fingerprint density at radius 1 is 1.27 bits per heavy atom. The number of amides is 1. The Hall–Kier alpha value is -3.66. The smallest absolute Gasteiger partial charge is 0.263 e. The van der Waals surface area contributed by atoms with E-state index in [1.165, 1.54) is 6.20 Å². The summed E-state index contributed by atoms with van der Waals surface area (Å²) in [5, 5.41) is 24.5. The molecule has 26 heavy (non-hydrogen) atoms. The molecule has 0 saturated heterocycles. The Morgan fingerprint density at radius 3 is 2.85 bits per heavy atom. The average molecular weight is 351 g/mol. The molecule has 0 atom stereocenters. The number of phenols is 1. The number of carbonyl (C=O) groups is 1. The van der Waals surface area contributed by atoms with Crippen molar-refractivity contribution in [1.29, 1.82) is 5.26 Å². The molecule has 1 heterocycles. The highest BCUT2D eigenvalue weighted by molar-refractivity contribution is 5.97. The third kappa shape index (κ3) is 3.87. The van der Waals surface area contributed by atoms with Gasteiger partial charge in [-0.05, 0) is 42.3 Å². The van der Waals surface area contributed by atoms with Crippen LogP contribution in [-0.2, 0) is 11.3 Å². The monoisotopic (exact) mass is 351 g/mol. The van der Waals surface area contributed by atoms with E-state index in [1.807, 2.05) is 25.1 Å². The van der Waals surface area contributed by atoms with E-state index < -0.39 is 5.91 Å². The Labute approximate surface area is 150 Å². The van der Waals surface area contributed by atoms with Gasteiger partial charge < -0.3 is 25.2 Å². The fourth-order valence-electron chi connectivity index (χ4n) is 2.39. The molecule has 0 bridgehead atoms. The van der Waals surface area contributed by atoms with Crippen molar-refractivity contribution in [1.82, 2.24) is 5.32 Å². The van der Waals surface area contributed by atoms with Crippen molar-refractivity contribution in [2.45, 2.75) is 13.5 Å². The number of ether oxygens (including phenoxy) is 2. The molecule has 0 spiro atoms. The molecule has 132 valence electrons. The molecule has 7 nitrogen and oxygen atoms in total. The van der Waals surface area contributed by atoms with Crippen LogP contribution in [0.25, 0.3) is 0 Å². The van der Waals surface area contributed by atoms with Crippen LogP contribution in [0.3, 0.4) is 0 Å². The van der Waals surface area contributed by atoms with Gasteiger partial charge in [0.2, 0.25) is 6.79 Å². The van der Waals surface area contributed by atoms with Crippen LogP contribution in [0.1, 0.15) is 11.1 Å². The van der Waals surface area contributed by atoms with Crippen LogP contribution in [0.2, 0.25) is 0 Å². The number of nitriles is 1. The Morgan fingerprint density at radius 2 is 2.08 bits per heavy atom. The Balaban J connectivity index is 1.62. The summed E-state index contributed by atoms with van der Waals surface area (Å²) in [4.78, 5) is 12.2. The van der Waals surface area contributed by atoms with Crippen molar-refractivity contribution >= 4 is 11.6 Å². The Bertz CT molecular complexity index is 915. The van der Waals surface area contributed by atoms with Gasteiger partial charge in [0, 0.05) is 12.7 Å². The molecular formula is C19H17N3O4. The predicted molar refractivity (Wildman–Crippen MR) is 94.6 cm³/mol. The molecule has 3 rings (SSSR count). The summed E-state index contributed by atoms with van der Waals surface area (Å²) in [5.74, 6) is 0.813. The van der Waals surface area contributed by atoms with Crippen LogP contribution >= 0.6 is 0 Å². The lowest BCUT2D eigenvalue weighted by Gasteiger charge is -2.07. The zero-order valence-electron chi connectivity index (χ0n) is 14.1. The van der Waals surface area contributed by atoms with Gasteiger partial charge in [-0.2, -0.15) is 5.26 Å². The molecule has 0 saturated carbocycles. The van der Waals surface area contributed by atoms with Crippen molar-refractivity contribution in [3.05, 3.63) is 59.3 Å². The number of hydrogen-bond acceptors (Lipinski definition) is 6. The summed E-state index contributed by atoms with van der Waals surface area (Å²) in [6, 6.07) is 12.3. The summed E-state index contributed by atoms with van der Waals surface area (Å²) in [7, 11) is 0. The van der Waals surface area contributed by atoms with Crippen LogP contribution in [-0.4, -0.2) is 17.8 Å². The second-order valence-electron chi connectivity index (χ2n) is 5.71. The fourth-order valence-corrected chi connectivity index (χ4v) is 2.39. The zero-order chi connectivity index (χ0) is 18.5. The molecule has 1 amide bonds. The third-order valence-electron chi connectivity index (χ3n) is 3.78. The van der Waals surface area contributed by atoms with Crippen LogP contribution in [0.15, 0.2) is 48.2 Å². The van der Waals surface area contributed by atoms with Gasteiger partial charge in [0.1, 0.15) is 17.4 Å². The zero-order valence-corrected chi connectivity index (χ0v) is 14.1. The molecule has 1 aliphatic heterocycles. The van der Waals surface area contributed by atoms with Crippen molar-refractivity contribution in [3.63, 3.8) is 0 Å². The number of rotatable bonds is 5. The molecular weight excluding hydrogens is 334 g/mol. The van der Waals surface area contributed by atoms with Crippen LogP contribution in [0.4, 0.5) is 5.69 Å². The van der Waals surface area contributed by atoms with E-state index in [0.717, 1.165) is 11.1 Å². The SMILES string of the molecule is Cc1ccc(N/C=C(/C#N)C(=O)NCc2ccc3c(c2)OCO3)c(O)c1. The van der Waals surface area contributed by atoms with Gasteiger partial charge in [0.25, 0.3) is 5.91 Å². The van der Waals surface area contributed by atoms with Crippen molar-refractivity contribution in [3.8, 4) is 23.3 Å². The number of phenolic OH excluding ortho intramolecular Hbond substituents is 1. The van der Waals surface area contributed by atoms with Crippen LogP contribution in [0.5, 0.6) is 17.2 Å². The normalized spacial score (nSPS) is 12.4. The highest BCUT2D eigenvalue weighted by Gasteiger charge is 2.14. The first-order chi connectivity index (χ1) is 12.6. The third-order valence-corrected chi connectivity index (χ3v) is 3.78. The molecule has 0 unspecified atom stereocenters. The molecule has 0 aromatic heterocycles. The number of nitrogens with one attached hydrogen (secondary N) is 2. The lowest BCUT2D eigenvalue weighted by molar-refractivity contribution is -0.117. The highest BCUT2D eigenvalue weighted by Crippen LogP contribution is 2.32. The van der Waals surface area contributed by atoms with E-state index in [2.05, 4.69) is 10.6 Å². The summed E-state index contributed by atoms with van der Waals surface area (Å²) < 4.78 is 10.5. The second-order valence-corrected chi connectivity index (χ2v) is 5.71. The van der Waals surface area contributed by atoms with E-state index >= 15 is 0 Å². The van der Waals surface area contributed by atoms with Crippen molar-refractivity contribution in [2.24, 2.45) is 0 Å². The summed E-state index contributed by atoms with van der Waals surface area (Å²) >= 11 is 0. The molecule has 0 aliphatic carbocycles. The summed E-state index contributed by atoms with van der Waals surface area (Å²) in [5.41, 5.74) is 2.03. The fraction of sp³-hybridized carbons (Fsp3) is 0.158. The summed E-state index contributed by atoms with van der Waals surface area (Å²) in [6.07, 6.45) is 1.26. The van der Waals surface area contributed by atoms with Gasteiger partial charge in [-0.15, -0.1) is 0 Å². The topological polar surface area (TPSA) is 104 Å². The number of aryl methyl sites for hydroxylation is 1. The molecule has 2 aromatic carbocycles. The number of hydrogen-bond donors (Lipinski definition) is 3. The summed E-state index contributed by atoms with van der Waals surface area (Å²) in [6.45, 7) is 2.28. The minimum atomic E-state index is -0.524. The van der Waals surface area contributed by atoms with Crippen molar-refractivity contribution in [2.75, 3.05) is 12.1 Å². The lowest BCUT2D eigenvalue weighted by Crippen LogP contribution is -2.24. The molecule has 0 radical (unpaired) electrons. The first-order valence-corrected chi connectivity index (χ1v) is 7.90. The average Bonchev–Trinajstić information content (AvgIpc) is 3.09. The minimum absolute atomic E-state index is 0.0410. The van der Waals surface area contributed by atoms with Gasteiger partial charge in [-0.1, -0.05) is 12.1 Å². The first kappa shape index (κ1) is 17.2. The molecule has 7 heteroatoms. The Kier molecular flexibility index (Phi) is 4.94. The van der Waals surface area contributed by atoms with Gasteiger partial charge in [-0.25, -0.2) is 0 Å². The highest BCUT2D eigenvalue weighted by atomic mass is 16.7. The van der Waals surface area contributed by atoms with E-state index in [-0.39, 0.29) is 24.7 Å². The van der Waals surface area contributed by atoms with Crippen LogP contribution < -0.4 is 20.1 Å². The quantitative estimate of drug-likeness (QED) is 0.434. The first-order valence-electron chi connectivity index (χ1n) is 7.90. The number of fused-ring (bicyclic) bond motifs is 1. The van der Waals surface area contributed by atoms with Crippen LogP contribution in [0, 0.1) is 18.3 Å². The molecule has 3 N–H and O–H groups in total. The standard InChI is InChI=1S/C19H17N3O4/c1-12-2-4-15(16(23)6-12)21-10-14(8-20)19(24)22-9-13-3-5-17-18(7-13)26-11-25-17/h2-7,10,21,23H,9,11H2,1H3,(H,22,24)/b14-10-. The van der Waals surface area contributed by atoms with Gasteiger partial charge in [-0.3, -0.25) is 4.79 Å². The maximum absolute atomic E-state index is 12.2. The van der Waals surface area contributed by atoms with Gasteiger partial charge in [0.05, 0.1) is 5.69 Å². The number of nitrogens with zero attached hydrogens (tertiary/aromatic N) is 1. The predicted octanol–water partition coefficient (Wildman–Crippen LogP) is 2.57. The number of benzene rings is 2. The molecule has 1 aliphatic rings. The maximum atomic E-state index is 12.2. The molecule has 0 fully saturated rings.